The van der Waals surface area contributed by atoms with Crippen LogP contribution in [0.5, 0.6) is 11.6 Å². The molecule has 0 fully saturated rings. The Kier molecular flexibility index (Phi) is 3.80. The van der Waals surface area contributed by atoms with E-state index in [1.807, 2.05) is 0 Å². The SMILES string of the molecule is Cc1cc(C(N)=O)cc(Oc2ccc(F)c(Br)c2)n1. The lowest BCUT2D eigenvalue weighted by Crippen LogP contribution is -2.11. The number of carbonyl (C=O) groups is 1. The van der Waals surface area contributed by atoms with E-state index in [9.17, 15) is 9.18 Å². The van der Waals surface area contributed by atoms with E-state index in [1.165, 1.54) is 24.3 Å². The lowest BCUT2D eigenvalue weighted by molar-refractivity contribution is 0.0999. The van der Waals surface area contributed by atoms with Crippen molar-refractivity contribution in [1.82, 2.24) is 4.98 Å². The summed E-state index contributed by atoms with van der Waals surface area (Å²) < 4.78 is 18.8. The molecule has 2 aromatic rings. The van der Waals surface area contributed by atoms with Crippen molar-refractivity contribution in [2.75, 3.05) is 0 Å². The van der Waals surface area contributed by atoms with Crippen LogP contribution >= 0.6 is 15.9 Å². The molecule has 0 saturated heterocycles. The summed E-state index contributed by atoms with van der Waals surface area (Å²) >= 11 is 3.06. The topological polar surface area (TPSA) is 65.2 Å². The van der Waals surface area contributed by atoms with Crippen molar-refractivity contribution >= 4 is 21.8 Å². The summed E-state index contributed by atoms with van der Waals surface area (Å²) in [7, 11) is 0. The summed E-state index contributed by atoms with van der Waals surface area (Å²) in [4.78, 5) is 15.3. The fourth-order valence-electron chi connectivity index (χ4n) is 1.49. The minimum atomic E-state index is -0.560. The second kappa shape index (κ2) is 5.36. The monoisotopic (exact) mass is 324 g/mol. The molecule has 0 atom stereocenters. The molecule has 0 aliphatic carbocycles. The fourth-order valence-corrected chi connectivity index (χ4v) is 1.85. The van der Waals surface area contributed by atoms with Crippen LogP contribution in [0.1, 0.15) is 16.1 Å². The van der Waals surface area contributed by atoms with Crippen LogP contribution in [0.25, 0.3) is 0 Å². The summed E-state index contributed by atoms with van der Waals surface area (Å²) in [5, 5.41) is 0. The zero-order valence-electron chi connectivity index (χ0n) is 9.98. The number of aryl methyl sites for hydroxylation is 1. The minimum Gasteiger partial charge on any atom is -0.439 e. The summed E-state index contributed by atoms with van der Waals surface area (Å²) in [6.07, 6.45) is 0. The maximum absolute atomic E-state index is 13.1. The number of nitrogens with zero attached hydrogens (tertiary/aromatic N) is 1. The van der Waals surface area contributed by atoms with Crippen LogP contribution in [-0.2, 0) is 0 Å². The van der Waals surface area contributed by atoms with Crippen molar-refractivity contribution in [2.45, 2.75) is 6.92 Å². The van der Waals surface area contributed by atoms with Crippen molar-refractivity contribution < 1.29 is 13.9 Å². The van der Waals surface area contributed by atoms with Crippen molar-refractivity contribution in [1.29, 1.82) is 0 Å². The van der Waals surface area contributed by atoms with Crippen LogP contribution in [0.15, 0.2) is 34.8 Å². The Hall–Kier alpha value is -1.95. The number of pyridine rings is 1. The molecule has 0 saturated carbocycles. The third-order valence-corrected chi connectivity index (χ3v) is 2.94. The molecule has 6 heteroatoms. The van der Waals surface area contributed by atoms with E-state index in [1.54, 1.807) is 13.0 Å². The highest BCUT2D eigenvalue weighted by molar-refractivity contribution is 9.10. The van der Waals surface area contributed by atoms with Gasteiger partial charge in [0.05, 0.1) is 4.47 Å². The van der Waals surface area contributed by atoms with Gasteiger partial charge in [0, 0.05) is 17.3 Å². The van der Waals surface area contributed by atoms with E-state index >= 15 is 0 Å². The Labute approximate surface area is 117 Å². The first-order valence-corrected chi connectivity index (χ1v) is 6.16. The van der Waals surface area contributed by atoms with Crippen LogP contribution in [-0.4, -0.2) is 10.9 Å². The van der Waals surface area contributed by atoms with Gasteiger partial charge in [-0.3, -0.25) is 4.79 Å². The summed E-state index contributed by atoms with van der Waals surface area (Å²) in [5.74, 6) is -0.313. The summed E-state index contributed by atoms with van der Waals surface area (Å²) in [6.45, 7) is 1.72. The van der Waals surface area contributed by atoms with Crippen molar-refractivity contribution in [2.24, 2.45) is 5.73 Å². The average molecular weight is 325 g/mol. The van der Waals surface area contributed by atoms with E-state index in [2.05, 4.69) is 20.9 Å². The molecule has 0 aliphatic heterocycles. The Morgan fingerprint density at radius 3 is 2.74 bits per heavy atom. The van der Waals surface area contributed by atoms with Gasteiger partial charge in [-0.2, -0.15) is 0 Å². The maximum atomic E-state index is 13.1. The van der Waals surface area contributed by atoms with Crippen molar-refractivity contribution in [3.63, 3.8) is 0 Å². The molecule has 98 valence electrons. The number of hydrogen-bond acceptors (Lipinski definition) is 3. The van der Waals surface area contributed by atoms with Gasteiger partial charge < -0.3 is 10.5 Å². The van der Waals surface area contributed by atoms with Gasteiger partial charge in [-0.15, -0.1) is 0 Å². The third kappa shape index (κ3) is 3.29. The normalized spacial score (nSPS) is 10.3. The lowest BCUT2D eigenvalue weighted by atomic mass is 10.2. The quantitative estimate of drug-likeness (QED) is 0.942. The van der Waals surface area contributed by atoms with Crippen LogP contribution in [0.2, 0.25) is 0 Å². The molecule has 1 amide bonds. The number of halogens is 2. The molecule has 1 heterocycles. The Bertz CT molecular complexity index is 647. The van der Waals surface area contributed by atoms with Gasteiger partial charge in [0.1, 0.15) is 11.6 Å². The van der Waals surface area contributed by atoms with Crippen molar-refractivity contribution in [3.05, 3.63) is 51.9 Å². The number of ether oxygens (including phenoxy) is 1. The van der Waals surface area contributed by atoms with E-state index in [-0.39, 0.29) is 16.2 Å². The fraction of sp³-hybridized carbons (Fsp3) is 0.0769. The molecule has 0 bridgehead atoms. The molecule has 0 aliphatic rings. The lowest BCUT2D eigenvalue weighted by Gasteiger charge is -2.07. The molecule has 19 heavy (non-hydrogen) atoms. The molecule has 0 unspecified atom stereocenters. The molecule has 4 nitrogen and oxygen atoms in total. The van der Waals surface area contributed by atoms with Crippen LogP contribution in [0.4, 0.5) is 4.39 Å². The largest absolute Gasteiger partial charge is 0.439 e. The van der Waals surface area contributed by atoms with Gasteiger partial charge in [0.2, 0.25) is 11.8 Å². The van der Waals surface area contributed by atoms with Crippen molar-refractivity contribution in [3.8, 4) is 11.6 Å². The molecule has 2 N–H and O–H groups in total. The van der Waals surface area contributed by atoms with E-state index in [0.717, 1.165) is 0 Å². The van der Waals surface area contributed by atoms with E-state index in [4.69, 9.17) is 10.5 Å². The number of rotatable bonds is 3. The van der Waals surface area contributed by atoms with Gasteiger partial charge in [-0.25, -0.2) is 9.37 Å². The molecular formula is C13H10BrFN2O2. The molecule has 1 aromatic carbocycles. The minimum absolute atomic E-state index is 0.229. The third-order valence-electron chi connectivity index (χ3n) is 2.33. The first-order valence-electron chi connectivity index (χ1n) is 5.37. The highest BCUT2D eigenvalue weighted by atomic mass is 79.9. The van der Waals surface area contributed by atoms with E-state index in [0.29, 0.717) is 17.0 Å². The molecule has 1 aromatic heterocycles. The number of carbonyl (C=O) groups excluding carboxylic acids is 1. The Morgan fingerprint density at radius 2 is 2.11 bits per heavy atom. The maximum Gasteiger partial charge on any atom is 0.248 e. The second-order valence-electron chi connectivity index (χ2n) is 3.88. The van der Waals surface area contributed by atoms with Gasteiger partial charge >= 0.3 is 0 Å². The summed E-state index contributed by atoms with van der Waals surface area (Å²) in [6, 6.07) is 7.21. The number of nitrogens with two attached hydrogens (primary N) is 1. The smallest absolute Gasteiger partial charge is 0.248 e. The zero-order valence-corrected chi connectivity index (χ0v) is 11.6. The zero-order chi connectivity index (χ0) is 14.0. The predicted molar refractivity (Wildman–Crippen MR) is 71.7 cm³/mol. The van der Waals surface area contributed by atoms with Gasteiger partial charge in [-0.1, -0.05) is 0 Å². The van der Waals surface area contributed by atoms with Crippen LogP contribution in [0.3, 0.4) is 0 Å². The molecule has 2 rings (SSSR count). The average Bonchev–Trinajstić information content (AvgIpc) is 2.33. The number of benzene rings is 1. The van der Waals surface area contributed by atoms with Crippen LogP contribution in [0, 0.1) is 12.7 Å². The Morgan fingerprint density at radius 1 is 1.37 bits per heavy atom. The number of primary amides is 1. The molecular weight excluding hydrogens is 315 g/mol. The summed E-state index contributed by atoms with van der Waals surface area (Å²) in [5.41, 5.74) is 6.12. The highest BCUT2D eigenvalue weighted by Crippen LogP contribution is 2.26. The molecule has 0 spiro atoms. The molecule has 0 radical (unpaired) electrons. The number of amides is 1. The first kappa shape index (κ1) is 13.5. The number of aromatic nitrogens is 1. The second-order valence-corrected chi connectivity index (χ2v) is 4.73. The van der Waals surface area contributed by atoms with E-state index < -0.39 is 5.91 Å². The van der Waals surface area contributed by atoms with Gasteiger partial charge in [0.15, 0.2) is 0 Å². The highest BCUT2D eigenvalue weighted by Gasteiger charge is 2.08. The van der Waals surface area contributed by atoms with Crippen LogP contribution < -0.4 is 10.5 Å². The number of hydrogen-bond donors (Lipinski definition) is 1. The van der Waals surface area contributed by atoms with Gasteiger partial charge in [0.25, 0.3) is 0 Å². The first-order chi connectivity index (χ1) is 8.95. The standard InChI is InChI=1S/C13H10BrFN2O2/c1-7-4-8(13(16)18)5-12(17-7)19-9-2-3-11(15)10(14)6-9/h2-6H,1H3,(H2,16,18). The predicted octanol–water partition coefficient (Wildman–Crippen LogP) is 3.18. The van der Waals surface area contributed by atoms with Gasteiger partial charge in [-0.05, 0) is 47.1 Å². The Balaban J connectivity index is 2.32.